The van der Waals surface area contributed by atoms with Crippen molar-refractivity contribution in [3.63, 3.8) is 0 Å². The van der Waals surface area contributed by atoms with Gasteiger partial charge in [0.05, 0.1) is 12.0 Å². The first-order valence-electron chi connectivity index (χ1n) is 12.3. The van der Waals surface area contributed by atoms with Crippen molar-refractivity contribution in [1.29, 1.82) is 0 Å². The Morgan fingerprint density at radius 3 is 2.00 bits per heavy atom. The van der Waals surface area contributed by atoms with Crippen molar-refractivity contribution >= 4 is 17.8 Å². The molecular weight excluding hydrogens is 442 g/mol. The number of hydrogen-bond acceptors (Lipinski definition) is 5. The van der Waals surface area contributed by atoms with Crippen LogP contribution < -0.4 is 16.2 Å². The molecule has 0 bridgehead atoms. The fourth-order valence-electron chi connectivity index (χ4n) is 3.63. The summed E-state index contributed by atoms with van der Waals surface area (Å²) in [6.07, 6.45) is 0.259. The highest BCUT2D eigenvalue weighted by Crippen LogP contribution is 2.17. The fraction of sp³-hybridized carbons (Fsp3) is 0.464. The average Bonchev–Trinajstić information content (AvgIpc) is 2.82. The summed E-state index contributed by atoms with van der Waals surface area (Å²) < 4.78 is 5.32. The molecule has 0 saturated carbocycles. The molecule has 35 heavy (non-hydrogen) atoms. The lowest BCUT2D eigenvalue weighted by Crippen LogP contribution is -2.46. The summed E-state index contributed by atoms with van der Waals surface area (Å²) in [5, 5.41) is 2.73. The second kappa shape index (κ2) is 14.9. The van der Waals surface area contributed by atoms with Crippen LogP contribution in [-0.4, -0.2) is 30.4 Å². The summed E-state index contributed by atoms with van der Waals surface area (Å²) in [5.41, 5.74) is 7.53. The number of benzene rings is 2. The van der Waals surface area contributed by atoms with Gasteiger partial charge in [-0.25, -0.2) is 10.2 Å². The van der Waals surface area contributed by atoms with Gasteiger partial charge in [-0.05, 0) is 35.8 Å². The monoisotopic (exact) mass is 481 g/mol. The molecule has 2 aromatic rings. The maximum absolute atomic E-state index is 13.3. The van der Waals surface area contributed by atoms with Crippen LogP contribution in [0.5, 0.6) is 0 Å². The predicted octanol–water partition coefficient (Wildman–Crippen LogP) is 4.42. The van der Waals surface area contributed by atoms with Gasteiger partial charge in [-0.15, -0.1) is 0 Å². The van der Waals surface area contributed by atoms with E-state index in [0.29, 0.717) is 25.3 Å². The third-order valence-corrected chi connectivity index (χ3v) is 5.47. The molecule has 0 fully saturated rings. The van der Waals surface area contributed by atoms with Crippen LogP contribution in [0.3, 0.4) is 0 Å². The standard InChI is InChI=1S/C28H39N3O4/c1-20(2)15-25(30-28(34)35-19-23-13-9-6-10-14-23)26(32)17-24(16-22-11-7-5-8-12-22)27(33)31-29-18-21(3)4/h5-14,20-21,24-25,29H,15-19H2,1-4H3,(H,30,34)(H,31,33)/t24-,25+/m1/s1. The third kappa shape index (κ3) is 11.2. The van der Waals surface area contributed by atoms with Crippen LogP contribution in [0, 0.1) is 17.8 Å². The molecule has 0 aliphatic heterocycles. The molecule has 2 aromatic carbocycles. The van der Waals surface area contributed by atoms with E-state index in [2.05, 4.69) is 16.2 Å². The first-order valence-corrected chi connectivity index (χ1v) is 12.3. The number of ketones is 1. The molecule has 2 rings (SSSR count). The zero-order chi connectivity index (χ0) is 25.6. The van der Waals surface area contributed by atoms with Crippen LogP contribution in [0.15, 0.2) is 60.7 Å². The molecule has 3 N–H and O–H groups in total. The summed E-state index contributed by atoms with van der Waals surface area (Å²) in [6, 6.07) is 18.3. The molecule has 0 heterocycles. The lowest BCUT2D eigenvalue weighted by atomic mass is 9.89. The number of carbonyl (C=O) groups is 3. The van der Waals surface area contributed by atoms with E-state index in [0.717, 1.165) is 11.1 Å². The number of Topliss-reactive ketones (excluding diaryl/α,β-unsaturated/α-hetero) is 1. The number of ether oxygens (including phenoxy) is 1. The number of alkyl carbamates (subject to hydrolysis) is 1. The van der Waals surface area contributed by atoms with Crippen LogP contribution >= 0.6 is 0 Å². The minimum Gasteiger partial charge on any atom is -0.445 e. The van der Waals surface area contributed by atoms with Crippen LogP contribution in [0.1, 0.15) is 51.7 Å². The summed E-state index contributed by atoms with van der Waals surface area (Å²) in [7, 11) is 0. The quantitative estimate of drug-likeness (QED) is 0.347. The van der Waals surface area contributed by atoms with Crippen molar-refractivity contribution in [2.45, 2.75) is 59.6 Å². The number of hydrazine groups is 1. The highest BCUT2D eigenvalue weighted by Gasteiger charge is 2.29. The highest BCUT2D eigenvalue weighted by atomic mass is 16.5. The Bertz CT molecular complexity index is 916. The lowest BCUT2D eigenvalue weighted by molar-refractivity contribution is -0.131. The Hall–Kier alpha value is -3.19. The lowest BCUT2D eigenvalue weighted by Gasteiger charge is -2.23. The zero-order valence-corrected chi connectivity index (χ0v) is 21.3. The molecule has 2 atom stereocenters. The molecule has 190 valence electrons. The van der Waals surface area contributed by atoms with E-state index in [1.165, 1.54) is 0 Å². The molecule has 2 amide bonds. The largest absolute Gasteiger partial charge is 0.445 e. The highest BCUT2D eigenvalue weighted by molar-refractivity contribution is 5.91. The Morgan fingerprint density at radius 1 is 0.829 bits per heavy atom. The van der Waals surface area contributed by atoms with Crippen LogP contribution in [0.2, 0.25) is 0 Å². The van der Waals surface area contributed by atoms with Gasteiger partial charge in [0.2, 0.25) is 5.91 Å². The Kier molecular flexibility index (Phi) is 12.0. The zero-order valence-electron chi connectivity index (χ0n) is 21.3. The molecule has 0 radical (unpaired) electrons. The number of nitrogens with one attached hydrogen (secondary N) is 3. The van der Waals surface area contributed by atoms with E-state index in [9.17, 15) is 14.4 Å². The van der Waals surface area contributed by atoms with Crippen molar-refractivity contribution in [3.05, 3.63) is 71.8 Å². The normalized spacial score (nSPS) is 12.7. The minimum absolute atomic E-state index is 0.0143. The van der Waals surface area contributed by atoms with Crippen LogP contribution in [0.4, 0.5) is 4.79 Å². The smallest absolute Gasteiger partial charge is 0.408 e. The Balaban J connectivity index is 2.05. The van der Waals surface area contributed by atoms with E-state index >= 15 is 0 Å². The maximum Gasteiger partial charge on any atom is 0.408 e. The van der Waals surface area contributed by atoms with Gasteiger partial charge in [-0.1, -0.05) is 88.4 Å². The summed E-state index contributed by atoms with van der Waals surface area (Å²) >= 11 is 0. The Morgan fingerprint density at radius 2 is 1.43 bits per heavy atom. The van der Waals surface area contributed by atoms with Gasteiger partial charge in [0.1, 0.15) is 6.61 Å². The number of rotatable bonds is 14. The average molecular weight is 482 g/mol. The first-order chi connectivity index (χ1) is 16.7. The second-order valence-electron chi connectivity index (χ2n) is 9.71. The SMILES string of the molecule is CC(C)CNNC(=O)[C@@H](CC(=O)[C@H](CC(C)C)NC(=O)OCc1ccccc1)Cc1ccccc1. The predicted molar refractivity (Wildman–Crippen MR) is 137 cm³/mol. The third-order valence-electron chi connectivity index (χ3n) is 5.47. The maximum atomic E-state index is 13.3. The van der Waals surface area contributed by atoms with Crippen LogP contribution in [0.25, 0.3) is 0 Å². The topological polar surface area (TPSA) is 96.5 Å². The molecule has 0 aromatic heterocycles. The van der Waals surface area contributed by atoms with Gasteiger partial charge in [0.15, 0.2) is 5.78 Å². The van der Waals surface area contributed by atoms with Crippen LogP contribution in [-0.2, 0) is 27.4 Å². The molecule has 0 aliphatic rings. The number of carbonyl (C=O) groups excluding carboxylic acids is 3. The van der Waals surface area contributed by atoms with Gasteiger partial charge in [-0.2, -0.15) is 0 Å². The van der Waals surface area contributed by atoms with E-state index in [1.54, 1.807) is 0 Å². The minimum atomic E-state index is -0.729. The van der Waals surface area contributed by atoms with Gasteiger partial charge >= 0.3 is 6.09 Å². The number of hydrogen-bond donors (Lipinski definition) is 3. The fourth-order valence-corrected chi connectivity index (χ4v) is 3.63. The summed E-state index contributed by atoms with van der Waals surface area (Å²) in [5.74, 6) is -0.451. The molecule has 7 heteroatoms. The van der Waals surface area contributed by atoms with Gasteiger partial charge in [0.25, 0.3) is 0 Å². The molecular formula is C28H39N3O4. The van der Waals surface area contributed by atoms with E-state index in [4.69, 9.17) is 4.74 Å². The van der Waals surface area contributed by atoms with Crippen molar-refractivity contribution < 1.29 is 19.1 Å². The van der Waals surface area contributed by atoms with Crippen molar-refractivity contribution in [2.75, 3.05) is 6.54 Å². The summed E-state index contributed by atoms with van der Waals surface area (Å²) in [4.78, 5) is 38.7. The molecule has 0 spiro atoms. The van der Waals surface area contributed by atoms with E-state index in [-0.39, 0.29) is 30.6 Å². The van der Waals surface area contributed by atoms with Crippen molar-refractivity contribution in [3.8, 4) is 0 Å². The van der Waals surface area contributed by atoms with Crippen molar-refractivity contribution in [2.24, 2.45) is 17.8 Å². The Labute approximate surface area is 209 Å². The molecule has 0 aliphatic carbocycles. The van der Waals surface area contributed by atoms with Gasteiger partial charge in [-0.3, -0.25) is 15.0 Å². The van der Waals surface area contributed by atoms with E-state index in [1.807, 2.05) is 88.4 Å². The number of amides is 2. The van der Waals surface area contributed by atoms with Gasteiger partial charge in [0, 0.05) is 13.0 Å². The second-order valence-corrected chi connectivity index (χ2v) is 9.71. The van der Waals surface area contributed by atoms with Crippen molar-refractivity contribution in [1.82, 2.24) is 16.2 Å². The van der Waals surface area contributed by atoms with E-state index < -0.39 is 18.1 Å². The molecule has 7 nitrogen and oxygen atoms in total. The molecule has 0 saturated heterocycles. The van der Waals surface area contributed by atoms with Gasteiger partial charge < -0.3 is 10.1 Å². The summed E-state index contributed by atoms with van der Waals surface area (Å²) in [6.45, 7) is 8.81. The first kappa shape index (κ1) is 28.1. The molecule has 0 unspecified atom stereocenters.